The number of hydrogen-bond donors (Lipinski definition) is 1. The van der Waals surface area contributed by atoms with Gasteiger partial charge in [-0.3, -0.25) is 0 Å². The third kappa shape index (κ3) is 1.53. The molecule has 1 aliphatic carbocycles. The lowest BCUT2D eigenvalue weighted by atomic mass is 9.97. The maximum absolute atomic E-state index is 9.34. The maximum Gasteiger partial charge on any atom is 0.100 e. The van der Waals surface area contributed by atoms with E-state index in [1.165, 1.54) is 29.7 Å². The van der Waals surface area contributed by atoms with E-state index in [2.05, 4.69) is 18.0 Å². The maximum atomic E-state index is 9.34. The van der Waals surface area contributed by atoms with Gasteiger partial charge in [0, 0.05) is 11.1 Å². The van der Waals surface area contributed by atoms with Crippen LogP contribution in [0.4, 0.5) is 0 Å². The third-order valence-electron chi connectivity index (χ3n) is 4.40. The van der Waals surface area contributed by atoms with Crippen LogP contribution in [0.2, 0.25) is 0 Å². The van der Waals surface area contributed by atoms with Gasteiger partial charge in [-0.1, -0.05) is 6.07 Å². The molecule has 2 aromatic rings. The van der Waals surface area contributed by atoms with Crippen LogP contribution in [0.15, 0.2) is 12.1 Å². The summed E-state index contributed by atoms with van der Waals surface area (Å²) >= 11 is 0. The Labute approximate surface area is 112 Å². The molecular formula is C16H16N2O. The van der Waals surface area contributed by atoms with Gasteiger partial charge in [0.1, 0.15) is 6.10 Å². The highest BCUT2D eigenvalue weighted by Gasteiger charge is 2.38. The van der Waals surface area contributed by atoms with Crippen molar-refractivity contribution in [3.8, 4) is 6.07 Å². The average Bonchev–Trinajstić information content (AvgIpc) is 3.19. The summed E-state index contributed by atoms with van der Waals surface area (Å²) in [5.41, 5.74) is 5.67. The number of rotatable bonds is 1. The van der Waals surface area contributed by atoms with Crippen molar-refractivity contribution in [2.75, 3.05) is 6.61 Å². The predicted molar refractivity (Wildman–Crippen MR) is 72.9 cm³/mol. The molecule has 1 unspecified atom stereocenters. The van der Waals surface area contributed by atoms with Crippen LogP contribution in [0.1, 0.15) is 41.3 Å². The van der Waals surface area contributed by atoms with Crippen LogP contribution < -0.4 is 0 Å². The predicted octanol–water partition coefficient (Wildman–Crippen LogP) is 3.37. The molecule has 4 rings (SSSR count). The van der Waals surface area contributed by atoms with Gasteiger partial charge < -0.3 is 9.72 Å². The molecule has 0 bridgehead atoms. The first-order chi connectivity index (χ1) is 9.29. The Kier molecular flexibility index (Phi) is 2.24. The van der Waals surface area contributed by atoms with Crippen LogP contribution in [0.25, 0.3) is 10.9 Å². The molecule has 1 aromatic heterocycles. The second-order valence-electron chi connectivity index (χ2n) is 5.69. The van der Waals surface area contributed by atoms with E-state index in [0.717, 1.165) is 29.5 Å². The normalized spacial score (nSPS) is 22.2. The molecule has 3 nitrogen and oxygen atoms in total. The number of aromatic nitrogens is 1. The fraction of sp³-hybridized carbons (Fsp3) is 0.438. The minimum Gasteiger partial charge on any atom is -0.371 e. The quantitative estimate of drug-likeness (QED) is 0.845. The number of nitrogens with zero attached hydrogens (tertiary/aromatic N) is 1. The van der Waals surface area contributed by atoms with Gasteiger partial charge in [0.2, 0.25) is 0 Å². The van der Waals surface area contributed by atoms with Crippen molar-refractivity contribution in [3.05, 3.63) is 34.5 Å². The summed E-state index contributed by atoms with van der Waals surface area (Å²) in [4.78, 5) is 3.55. The molecule has 0 radical (unpaired) electrons. The minimum absolute atomic E-state index is 0.224. The van der Waals surface area contributed by atoms with Crippen molar-refractivity contribution in [1.82, 2.24) is 4.98 Å². The lowest BCUT2D eigenvalue weighted by Gasteiger charge is -2.23. The second kappa shape index (κ2) is 3.85. The van der Waals surface area contributed by atoms with Crippen LogP contribution in [0.3, 0.4) is 0 Å². The zero-order valence-electron chi connectivity index (χ0n) is 11.0. The molecule has 19 heavy (non-hydrogen) atoms. The number of nitrogens with one attached hydrogen (secondary N) is 1. The Morgan fingerprint density at radius 2 is 2.21 bits per heavy atom. The first-order valence-corrected chi connectivity index (χ1v) is 6.95. The molecule has 0 amide bonds. The van der Waals surface area contributed by atoms with Gasteiger partial charge in [0.05, 0.1) is 23.8 Å². The van der Waals surface area contributed by atoms with Crippen LogP contribution >= 0.6 is 0 Å². The number of hydrogen-bond acceptors (Lipinski definition) is 2. The van der Waals surface area contributed by atoms with E-state index in [9.17, 15) is 5.26 Å². The van der Waals surface area contributed by atoms with E-state index in [-0.39, 0.29) is 6.10 Å². The van der Waals surface area contributed by atoms with Crippen LogP contribution in [-0.2, 0) is 11.2 Å². The molecule has 1 aromatic carbocycles. The van der Waals surface area contributed by atoms with Crippen molar-refractivity contribution < 1.29 is 4.74 Å². The number of nitriles is 1. The Morgan fingerprint density at radius 3 is 2.95 bits per heavy atom. The number of benzene rings is 1. The Bertz CT molecular complexity index is 704. The van der Waals surface area contributed by atoms with E-state index in [0.29, 0.717) is 5.92 Å². The van der Waals surface area contributed by atoms with Crippen molar-refractivity contribution in [3.63, 3.8) is 0 Å². The summed E-state index contributed by atoms with van der Waals surface area (Å²) in [6, 6.07) is 6.29. The van der Waals surface area contributed by atoms with E-state index < -0.39 is 0 Å². The van der Waals surface area contributed by atoms with E-state index >= 15 is 0 Å². The lowest BCUT2D eigenvalue weighted by Crippen LogP contribution is -2.17. The van der Waals surface area contributed by atoms with Crippen molar-refractivity contribution in [2.24, 2.45) is 5.92 Å². The standard InChI is InChI=1S/C16H16N2O/c1-9-2-3-11(8-17)13-12-6-7-19-16(10-4-5-10)15(12)18-14(9)13/h2-3,10,16,18H,4-7H2,1H3. The number of H-pyrrole nitrogens is 1. The zero-order chi connectivity index (χ0) is 13.0. The molecule has 1 aliphatic heterocycles. The molecule has 2 aliphatic rings. The Morgan fingerprint density at radius 1 is 1.37 bits per heavy atom. The lowest BCUT2D eigenvalue weighted by molar-refractivity contribution is 0.0249. The summed E-state index contributed by atoms with van der Waals surface area (Å²) in [6.45, 7) is 2.87. The zero-order valence-corrected chi connectivity index (χ0v) is 11.0. The van der Waals surface area contributed by atoms with Gasteiger partial charge >= 0.3 is 0 Å². The molecule has 0 spiro atoms. The summed E-state index contributed by atoms with van der Waals surface area (Å²) < 4.78 is 5.96. The smallest absolute Gasteiger partial charge is 0.100 e. The third-order valence-corrected chi connectivity index (χ3v) is 4.40. The van der Waals surface area contributed by atoms with Crippen molar-refractivity contribution >= 4 is 10.9 Å². The molecule has 96 valence electrons. The highest BCUT2D eigenvalue weighted by Crippen LogP contribution is 2.47. The van der Waals surface area contributed by atoms with E-state index in [4.69, 9.17) is 4.74 Å². The molecular weight excluding hydrogens is 236 g/mol. The molecule has 1 N–H and O–H groups in total. The number of aromatic amines is 1. The van der Waals surface area contributed by atoms with Gasteiger partial charge in [0.15, 0.2) is 0 Å². The van der Waals surface area contributed by atoms with Crippen molar-refractivity contribution in [1.29, 1.82) is 5.26 Å². The van der Waals surface area contributed by atoms with Gasteiger partial charge in [-0.15, -0.1) is 0 Å². The molecule has 0 saturated heterocycles. The number of aryl methyl sites for hydroxylation is 1. The fourth-order valence-electron chi connectivity index (χ4n) is 3.26. The Hall–Kier alpha value is -1.79. The number of ether oxygens (including phenoxy) is 1. The first-order valence-electron chi connectivity index (χ1n) is 6.95. The topological polar surface area (TPSA) is 48.8 Å². The van der Waals surface area contributed by atoms with E-state index in [1.807, 2.05) is 12.1 Å². The van der Waals surface area contributed by atoms with E-state index in [1.54, 1.807) is 0 Å². The molecule has 1 fully saturated rings. The molecule has 1 saturated carbocycles. The molecule has 2 heterocycles. The van der Waals surface area contributed by atoms with Gasteiger partial charge in [0.25, 0.3) is 0 Å². The van der Waals surface area contributed by atoms with Crippen LogP contribution in [0.5, 0.6) is 0 Å². The SMILES string of the molecule is Cc1ccc(C#N)c2c3c([nH]c12)C(C1CC1)OCC3. The minimum atomic E-state index is 0.224. The Balaban J connectivity index is 2.02. The first kappa shape index (κ1) is 11.1. The molecule has 1 atom stereocenters. The van der Waals surface area contributed by atoms with Crippen LogP contribution in [0, 0.1) is 24.2 Å². The summed E-state index contributed by atoms with van der Waals surface area (Å²) in [7, 11) is 0. The highest BCUT2D eigenvalue weighted by atomic mass is 16.5. The van der Waals surface area contributed by atoms with Crippen molar-refractivity contribution in [2.45, 2.75) is 32.3 Å². The second-order valence-corrected chi connectivity index (χ2v) is 5.69. The fourth-order valence-corrected chi connectivity index (χ4v) is 3.26. The van der Waals surface area contributed by atoms with Crippen LogP contribution in [-0.4, -0.2) is 11.6 Å². The average molecular weight is 252 g/mol. The number of fused-ring (bicyclic) bond motifs is 3. The summed E-state index contributed by atoms with van der Waals surface area (Å²) in [5.74, 6) is 0.679. The van der Waals surface area contributed by atoms with Gasteiger partial charge in [-0.25, -0.2) is 0 Å². The molecule has 3 heteroatoms. The highest BCUT2D eigenvalue weighted by molar-refractivity contribution is 5.92. The van der Waals surface area contributed by atoms with Gasteiger partial charge in [-0.2, -0.15) is 5.26 Å². The monoisotopic (exact) mass is 252 g/mol. The van der Waals surface area contributed by atoms with Gasteiger partial charge in [-0.05, 0) is 49.3 Å². The summed E-state index contributed by atoms with van der Waals surface area (Å²) in [5, 5.41) is 10.5. The largest absolute Gasteiger partial charge is 0.371 e. The summed E-state index contributed by atoms with van der Waals surface area (Å²) in [6.07, 6.45) is 3.67.